The van der Waals surface area contributed by atoms with E-state index in [1.165, 1.54) is 6.39 Å². The molecule has 6 heteroatoms. The molecule has 1 fully saturated rings. The van der Waals surface area contributed by atoms with Gasteiger partial charge in [0.2, 0.25) is 0 Å². The summed E-state index contributed by atoms with van der Waals surface area (Å²) in [6.45, 7) is -0.191. The van der Waals surface area contributed by atoms with Gasteiger partial charge in [0.1, 0.15) is 12.2 Å². The molecule has 27 heavy (non-hydrogen) atoms. The molecule has 0 radical (unpaired) electrons. The average molecular weight is 367 g/mol. The summed E-state index contributed by atoms with van der Waals surface area (Å²) in [6, 6.07) is 15.5. The van der Waals surface area contributed by atoms with Crippen LogP contribution in [0.15, 0.2) is 65.5 Å². The zero-order valence-electron chi connectivity index (χ0n) is 14.6. The van der Waals surface area contributed by atoms with E-state index in [2.05, 4.69) is 4.98 Å². The molecule has 3 unspecified atom stereocenters. The molecular weight excluding hydrogens is 346 g/mol. The molecule has 1 saturated heterocycles. The number of hydrogen-bond donors (Lipinski definition) is 3. The van der Waals surface area contributed by atoms with E-state index in [0.29, 0.717) is 5.76 Å². The molecule has 3 aromatic rings. The van der Waals surface area contributed by atoms with E-state index in [1.807, 2.05) is 48.5 Å². The lowest BCUT2D eigenvalue weighted by Gasteiger charge is -2.37. The fourth-order valence-electron chi connectivity index (χ4n) is 3.43. The van der Waals surface area contributed by atoms with Gasteiger partial charge in [-0.25, -0.2) is 4.98 Å². The molecule has 0 bridgehead atoms. The number of aliphatic hydroxyl groups is 3. The van der Waals surface area contributed by atoms with E-state index < -0.39 is 24.4 Å². The van der Waals surface area contributed by atoms with Gasteiger partial charge in [-0.2, -0.15) is 0 Å². The molecule has 4 atom stereocenters. The van der Waals surface area contributed by atoms with E-state index in [4.69, 9.17) is 9.15 Å². The number of aromatic nitrogens is 1. The second kappa shape index (κ2) is 7.62. The van der Waals surface area contributed by atoms with Gasteiger partial charge < -0.3 is 24.5 Å². The average Bonchev–Trinajstić information content (AvgIpc) is 3.25. The fraction of sp³-hybridized carbons (Fsp3) is 0.286. The SMILES string of the molecule is OCC1CC(O)C(O)[C@@H](c2cccc(-c3ccc(-c4cnco4)cc3)c2)O1. The summed E-state index contributed by atoms with van der Waals surface area (Å²) in [5.41, 5.74) is 3.67. The van der Waals surface area contributed by atoms with Crippen molar-refractivity contribution in [2.45, 2.75) is 30.8 Å². The zero-order chi connectivity index (χ0) is 18.8. The molecular formula is C21H21NO5. The number of oxazole rings is 1. The number of nitrogens with zero attached hydrogens (tertiary/aromatic N) is 1. The summed E-state index contributed by atoms with van der Waals surface area (Å²) in [4.78, 5) is 3.93. The number of hydrogen-bond acceptors (Lipinski definition) is 6. The lowest BCUT2D eigenvalue weighted by Crippen LogP contribution is -2.44. The Morgan fingerprint density at radius 2 is 1.78 bits per heavy atom. The lowest BCUT2D eigenvalue weighted by molar-refractivity contribution is -0.179. The van der Waals surface area contributed by atoms with Gasteiger partial charge in [-0.15, -0.1) is 0 Å². The zero-order valence-corrected chi connectivity index (χ0v) is 14.6. The van der Waals surface area contributed by atoms with Crippen molar-refractivity contribution in [1.82, 2.24) is 4.98 Å². The van der Waals surface area contributed by atoms with Crippen LogP contribution in [0.1, 0.15) is 18.1 Å². The Morgan fingerprint density at radius 1 is 1.00 bits per heavy atom. The van der Waals surface area contributed by atoms with Crippen molar-refractivity contribution in [2.24, 2.45) is 0 Å². The number of aliphatic hydroxyl groups excluding tert-OH is 3. The minimum Gasteiger partial charge on any atom is -0.444 e. The van der Waals surface area contributed by atoms with Crippen molar-refractivity contribution in [3.05, 3.63) is 66.7 Å². The van der Waals surface area contributed by atoms with Crippen LogP contribution in [0.25, 0.3) is 22.5 Å². The van der Waals surface area contributed by atoms with E-state index in [9.17, 15) is 15.3 Å². The number of rotatable bonds is 4. The van der Waals surface area contributed by atoms with Gasteiger partial charge in [-0.1, -0.05) is 42.5 Å². The second-order valence-electron chi connectivity index (χ2n) is 6.72. The third-order valence-electron chi connectivity index (χ3n) is 4.90. The molecule has 3 N–H and O–H groups in total. The van der Waals surface area contributed by atoms with Gasteiger partial charge in [-0.05, 0) is 22.8 Å². The van der Waals surface area contributed by atoms with Crippen molar-refractivity contribution < 1.29 is 24.5 Å². The number of ether oxygens (including phenoxy) is 1. The van der Waals surface area contributed by atoms with Gasteiger partial charge >= 0.3 is 0 Å². The van der Waals surface area contributed by atoms with Crippen LogP contribution >= 0.6 is 0 Å². The van der Waals surface area contributed by atoms with Crippen molar-refractivity contribution in [3.63, 3.8) is 0 Å². The van der Waals surface area contributed by atoms with Crippen LogP contribution in [0, 0.1) is 0 Å². The highest BCUT2D eigenvalue weighted by atomic mass is 16.5. The maximum atomic E-state index is 10.3. The summed E-state index contributed by atoms with van der Waals surface area (Å²) in [7, 11) is 0. The van der Waals surface area contributed by atoms with Crippen molar-refractivity contribution >= 4 is 0 Å². The highest BCUT2D eigenvalue weighted by molar-refractivity contribution is 5.68. The molecule has 1 aliphatic rings. The first-order valence-corrected chi connectivity index (χ1v) is 8.87. The summed E-state index contributed by atoms with van der Waals surface area (Å²) >= 11 is 0. The van der Waals surface area contributed by atoms with E-state index >= 15 is 0 Å². The maximum Gasteiger partial charge on any atom is 0.181 e. The number of benzene rings is 2. The molecule has 0 saturated carbocycles. The molecule has 0 spiro atoms. The highest BCUT2D eigenvalue weighted by Crippen LogP contribution is 2.34. The molecule has 2 aromatic carbocycles. The second-order valence-corrected chi connectivity index (χ2v) is 6.72. The Hall–Kier alpha value is -2.51. The monoisotopic (exact) mass is 367 g/mol. The Bertz CT molecular complexity index is 878. The summed E-state index contributed by atoms with van der Waals surface area (Å²) in [5, 5.41) is 29.8. The van der Waals surface area contributed by atoms with Crippen LogP contribution in [0.2, 0.25) is 0 Å². The molecule has 1 aromatic heterocycles. The Kier molecular flexibility index (Phi) is 5.05. The third-order valence-corrected chi connectivity index (χ3v) is 4.90. The summed E-state index contributed by atoms with van der Waals surface area (Å²) in [5.74, 6) is 0.707. The first-order valence-electron chi connectivity index (χ1n) is 8.87. The van der Waals surface area contributed by atoms with Crippen molar-refractivity contribution in [2.75, 3.05) is 6.61 Å². The van der Waals surface area contributed by atoms with Gasteiger partial charge in [0.05, 0.1) is 25.0 Å². The first kappa shape index (κ1) is 17.9. The topological polar surface area (TPSA) is 96.0 Å². The van der Waals surface area contributed by atoms with E-state index in [1.54, 1.807) is 6.20 Å². The minimum atomic E-state index is -1.03. The quantitative estimate of drug-likeness (QED) is 0.656. The fourth-order valence-corrected chi connectivity index (χ4v) is 3.43. The predicted octanol–water partition coefficient (Wildman–Crippen LogP) is 2.55. The lowest BCUT2D eigenvalue weighted by atomic mass is 9.91. The predicted molar refractivity (Wildman–Crippen MR) is 98.7 cm³/mol. The summed E-state index contributed by atoms with van der Waals surface area (Å²) in [6.07, 6.45) is 0.160. The van der Waals surface area contributed by atoms with Gasteiger partial charge in [0.15, 0.2) is 12.2 Å². The molecule has 0 aliphatic carbocycles. The maximum absolute atomic E-state index is 10.3. The van der Waals surface area contributed by atoms with Crippen molar-refractivity contribution in [1.29, 1.82) is 0 Å². The Morgan fingerprint density at radius 3 is 2.48 bits per heavy atom. The van der Waals surface area contributed by atoms with Crippen LogP contribution in [0.3, 0.4) is 0 Å². The van der Waals surface area contributed by atoms with Gasteiger partial charge in [0.25, 0.3) is 0 Å². The molecule has 140 valence electrons. The molecule has 6 nitrogen and oxygen atoms in total. The smallest absolute Gasteiger partial charge is 0.181 e. The Balaban J connectivity index is 1.60. The summed E-state index contributed by atoms with van der Waals surface area (Å²) < 4.78 is 11.1. The molecule has 4 rings (SSSR count). The minimum absolute atomic E-state index is 0.191. The molecule has 1 aliphatic heterocycles. The van der Waals surface area contributed by atoms with Crippen LogP contribution in [0.4, 0.5) is 0 Å². The van der Waals surface area contributed by atoms with Gasteiger partial charge in [-0.3, -0.25) is 0 Å². The van der Waals surface area contributed by atoms with Crippen LogP contribution in [-0.2, 0) is 4.74 Å². The standard InChI is InChI=1S/C21H21NO5/c23-11-17-9-18(24)20(25)21(27-17)16-3-1-2-15(8-16)13-4-6-14(7-5-13)19-10-22-12-26-19/h1-8,10,12,17-18,20-21,23-25H,9,11H2/t17?,18?,20?,21-/m1/s1. The molecule has 0 amide bonds. The van der Waals surface area contributed by atoms with Gasteiger partial charge in [0, 0.05) is 12.0 Å². The van der Waals surface area contributed by atoms with Crippen LogP contribution in [0.5, 0.6) is 0 Å². The normalized spacial score (nSPS) is 25.4. The van der Waals surface area contributed by atoms with E-state index in [-0.39, 0.29) is 13.0 Å². The van der Waals surface area contributed by atoms with E-state index in [0.717, 1.165) is 22.3 Å². The molecule has 2 heterocycles. The largest absolute Gasteiger partial charge is 0.444 e. The first-order chi connectivity index (χ1) is 13.2. The third kappa shape index (κ3) is 3.65. The van der Waals surface area contributed by atoms with Crippen molar-refractivity contribution in [3.8, 4) is 22.5 Å². The van der Waals surface area contributed by atoms with Crippen LogP contribution < -0.4 is 0 Å². The highest BCUT2D eigenvalue weighted by Gasteiger charge is 2.37. The van der Waals surface area contributed by atoms with Crippen LogP contribution in [-0.4, -0.2) is 45.2 Å². The Labute approximate surface area is 156 Å².